The molecule has 1 unspecified atom stereocenters. The zero-order valence-corrected chi connectivity index (χ0v) is 17.7. The highest BCUT2D eigenvalue weighted by molar-refractivity contribution is 6.00. The van der Waals surface area contributed by atoms with E-state index in [1.165, 1.54) is 0 Å². The molecule has 5 nitrogen and oxygen atoms in total. The van der Waals surface area contributed by atoms with E-state index in [1.54, 1.807) is 0 Å². The van der Waals surface area contributed by atoms with Crippen LogP contribution < -0.4 is 5.32 Å². The molecule has 1 amide bonds. The van der Waals surface area contributed by atoms with E-state index in [0.717, 1.165) is 48.6 Å². The van der Waals surface area contributed by atoms with Gasteiger partial charge in [-0.15, -0.1) is 12.4 Å². The third kappa shape index (κ3) is 4.36. The van der Waals surface area contributed by atoms with Crippen molar-refractivity contribution in [2.24, 2.45) is 5.92 Å². The molecule has 1 fully saturated rings. The Morgan fingerprint density at radius 1 is 1.14 bits per heavy atom. The molecule has 2 aromatic carbocycles. The summed E-state index contributed by atoms with van der Waals surface area (Å²) in [5.74, 6) is 0.582. The van der Waals surface area contributed by atoms with E-state index >= 15 is 0 Å². The summed E-state index contributed by atoms with van der Waals surface area (Å²) in [6.07, 6.45) is 2.92. The number of para-hydroxylation sites is 1. The van der Waals surface area contributed by atoms with E-state index in [9.17, 15) is 4.79 Å². The molecule has 2 heterocycles. The summed E-state index contributed by atoms with van der Waals surface area (Å²) < 4.78 is 1.82. The predicted molar refractivity (Wildman–Crippen MR) is 119 cm³/mol. The van der Waals surface area contributed by atoms with Gasteiger partial charge in [0.15, 0.2) is 0 Å². The van der Waals surface area contributed by atoms with Gasteiger partial charge in [0, 0.05) is 24.8 Å². The second kappa shape index (κ2) is 9.25. The summed E-state index contributed by atoms with van der Waals surface area (Å²) in [6.45, 7) is 4.60. The van der Waals surface area contributed by atoms with Crippen LogP contribution in [0, 0.1) is 12.8 Å². The number of hydrogen-bond donors (Lipinski definition) is 1. The zero-order chi connectivity index (χ0) is 19.5. The number of aryl methyl sites for hydroxylation is 1. The Hall–Kier alpha value is -2.63. The van der Waals surface area contributed by atoms with Crippen LogP contribution in [0.15, 0.2) is 60.8 Å². The zero-order valence-electron chi connectivity index (χ0n) is 16.8. The smallest absolute Gasteiger partial charge is 0.257 e. The SMILES string of the molecule is CNCC1CCN(C(=O)c2cn(-c3ccccc3)nc2-c2ccccc2C)C1.Cl. The average Bonchev–Trinajstić information content (AvgIpc) is 3.36. The lowest BCUT2D eigenvalue weighted by Crippen LogP contribution is -2.30. The van der Waals surface area contributed by atoms with Gasteiger partial charge in [-0.2, -0.15) is 5.10 Å². The number of halogens is 1. The number of carbonyl (C=O) groups is 1. The largest absolute Gasteiger partial charge is 0.338 e. The molecule has 3 aromatic rings. The molecule has 0 aliphatic carbocycles. The van der Waals surface area contributed by atoms with Crippen LogP contribution in [0.25, 0.3) is 16.9 Å². The molecule has 1 N–H and O–H groups in total. The quantitative estimate of drug-likeness (QED) is 0.692. The number of hydrogen-bond acceptors (Lipinski definition) is 3. The number of nitrogens with one attached hydrogen (secondary N) is 1. The second-order valence-corrected chi connectivity index (χ2v) is 7.45. The van der Waals surface area contributed by atoms with Crippen LogP contribution in [0.1, 0.15) is 22.3 Å². The highest BCUT2D eigenvalue weighted by atomic mass is 35.5. The van der Waals surface area contributed by atoms with Gasteiger partial charge >= 0.3 is 0 Å². The summed E-state index contributed by atoms with van der Waals surface area (Å²) in [7, 11) is 1.96. The first-order valence-corrected chi connectivity index (χ1v) is 9.82. The Morgan fingerprint density at radius 2 is 1.86 bits per heavy atom. The predicted octanol–water partition coefficient (Wildman–Crippen LogP) is 3.95. The summed E-state index contributed by atoms with van der Waals surface area (Å²) in [5.41, 5.74) is 4.49. The molecular weight excluding hydrogens is 384 g/mol. The highest BCUT2D eigenvalue weighted by Gasteiger charge is 2.29. The number of likely N-dealkylation sites (tertiary alicyclic amines) is 1. The molecule has 152 valence electrons. The van der Waals surface area contributed by atoms with Crippen LogP contribution in [0.5, 0.6) is 0 Å². The summed E-state index contributed by atoms with van der Waals surface area (Å²) in [6, 6.07) is 18.1. The Bertz CT molecular complexity index is 970. The van der Waals surface area contributed by atoms with Crippen LogP contribution >= 0.6 is 12.4 Å². The first-order valence-electron chi connectivity index (χ1n) is 9.82. The van der Waals surface area contributed by atoms with Gasteiger partial charge in [-0.05, 0) is 50.6 Å². The molecule has 1 atom stereocenters. The Morgan fingerprint density at radius 3 is 2.59 bits per heavy atom. The number of rotatable bonds is 5. The van der Waals surface area contributed by atoms with E-state index in [-0.39, 0.29) is 18.3 Å². The summed E-state index contributed by atoms with van der Waals surface area (Å²) in [5, 5.41) is 8.04. The van der Waals surface area contributed by atoms with E-state index in [0.29, 0.717) is 11.5 Å². The average molecular weight is 411 g/mol. The van der Waals surface area contributed by atoms with Gasteiger partial charge in [0.25, 0.3) is 5.91 Å². The third-order valence-electron chi connectivity index (χ3n) is 5.43. The molecule has 1 aliphatic rings. The molecule has 1 aliphatic heterocycles. The van der Waals surface area contributed by atoms with E-state index in [4.69, 9.17) is 5.10 Å². The summed E-state index contributed by atoms with van der Waals surface area (Å²) in [4.78, 5) is 15.4. The lowest BCUT2D eigenvalue weighted by Gasteiger charge is -2.16. The molecule has 0 bridgehead atoms. The van der Waals surface area contributed by atoms with Crippen LogP contribution in [0.4, 0.5) is 0 Å². The minimum atomic E-state index is 0. The van der Waals surface area contributed by atoms with Crippen molar-refractivity contribution in [1.29, 1.82) is 0 Å². The Balaban J connectivity index is 0.00000240. The van der Waals surface area contributed by atoms with Crippen LogP contribution in [0.2, 0.25) is 0 Å². The van der Waals surface area contributed by atoms with E-state index in [1.807, 2.05) is 71.4 Å². The topological polar surface area (TPSA) is 50.2 Å². The van der Waals surface area contributed by atoms with E-state index in [2.05, 4.69) is 18.3 Å². The third-order valence-corrected chi connectivity index (χ3v) is 5.43. The van der Waals surface area contributed by atoms with Gasteiger partial charge < -0.3 is 10.2 Å². The molecule has 6 heteroatoms. The molecule has 0 radical (unpaired) electrons. The van der Waals surface area contributed by atoms with Gasteiger partial charge in [-0.25, -0.2) is 4.68 Å². The van der Waals surface area contributed by atoms with E-state index < -0.39 is 0 Å². The van der Waals surface area contributed by atoms with Gasteiger partial charge in [0.1, 0.15) is 5.69 Å². The number of benzene rings is 2. The number of aromatic nitrogens is 2. The summed E-state index contributed by atoms with van der Waals surface area (Å²) >= 11 is 0. The molecule has 1 saturated heterocycles. The highest BCUT2D eigenvalue weighted by Crippen LogP contribution is 2.29. The first kappa shape index (κ1) is 21.1. The Labute approximate surface area is 178 Å². The molecule has 0 spiro atoms. The van der Waals surface area contributed by atoms with Crippen LogP contribution in [-0.2, 0) is 0 Å². The molecule has 4 rings (SSSR count). The monoisotopic (exact) mass is 410 g/mol. The maximum absolute atomic E-state index is 13.4. The van der Waals surface area contributed by atoms with Gasteiger partial charge in [0.2, 0.25) is 0 Å². The first-order chi connectivity index (χ1) is 13.7. The van der Waals surface area contributed by atoms with Crippen molar-refractivity contribution in [3.8, 4) is 16.9 Å². The van der Waals surface area contributed by atoms with Crippen molar-refractivity contribution in [1.82, 2.24) is 20.0 Å². The number of nitrogens with zero attached hydrogens (tertiary/aromatic N) is 3. The molecule has 1 aromatic heterocycles. The number of carbonyl (C=O) groups excluding carboxylic acids is 1. The maximum Gasteiger partial charge on any atom is 0.257 e. The fourth-order valence-corrected chi connectivity index (χ4v) is 3.92. The van der Waals surface area contributed by atoms with Crippen LogP contribution in [-0.4, -0.2) is 47.3 Å². The minimum Gasteiger partial charge on any atom is -0.338 e. The van der Waals surface area contributed by atoms with Crippen molar-refractivity contribution >= 4 is 18.3 Å². The lowest BCUT2D eigenvalue weighted by atomic mass is 10.0. The number of amides is 1. The van der Waals surface area contributed by atoms with Crippen LogP contribution in [0.3, 0.4) is 0 Å². The minimum absolute atomic E-state index is 0. The maximum atomic E-state index is 13.4. The standard InChI is InChI=1S/C23H26N4O.ClH/c1-17-8-6-7-11-20(17)22-21(16-27(25-22)19-9-4-3-5-10-19)23(28)26-13-12-18(15-26)14-24-2;/h3-11,16,18,24H,12-15H2,1-2H3;1H. The molecule has 29 heavy (non-hydrogen) atoms. The van der Waals surface area contributed by atoms with Crippen molar-refractivity contribution in [2.45, 2.75) is 13.3 Å². The Kier molecular flexibility index (Phi) is 6.72. The van der Waals surface area contributed by atoms with Crippen molar-refractivity contribution < 1.29 is 4.79 Å². The lowest BCUT2D eigenvalue weighted by molar-refractivity contribution is 0.0788. The normalized spacial score (nSPS) is 15.9. The fourth-order valence-electron chi connectivity index (χ4n) is 3.92. The molecule has 0 saturated carbocycles. The van der Waals surface area contributed by atoms with Crippen molar-refractivity contribution in [2.75, 3.05) is 26.7 Å². The fraction of sp³-hybridized carbons (Fsp3) is 0.304. The van der Waals surface area contributed by atoms with Crippen molar-refractivity contribution in [3.05, 3.63) is 71.9 Å². The van der Waals surface area contributed by atoms with Gasteiger partial charge in [-0.1, -0.05) is 42.5 Å². The van der Waals surface area contributed by atoms with Gasteiger partial charge in [-0.3, -0.25) is 4.79 Å². The second-order valence-electron chi connectivity index (χ2n) is 7.45. The molecular formula is C23H27ClN4O. The van der Waals surface area contributed by atoms with Gasteiger partial charge in [0.05, 0.1) is 11.3 Å². The van der Waals surface area contributed by atoms with Crippen molar-refractivity contribution in [3.63, 3.8) is 0 Å².